The first-order valence-electron chi connectivity index (χ1n) is 6.35. The van der Waals surface area contributed by atoms with Crippen molar-refractivity contribution in [2.75, 3.05) is 6.61 Å². The van der Waals surface area contributed by atoms with Gasteiger partial charge in [-0.1, -0.05) is 5.16 Å². The fraction of sp³-hybridized carbons (Fsp3) is 0.750. The number of nitrogens with zero attached hydrogens (tertiary/aromatic N) is 2. The lowest BCUT2D eigenvalue weighted by Gasteiger charge is -2.36. The number of hydrogen-bond donors (Lipinski definition) is 1. The molecule has 19 heavy (non-hydrogen) atoms. The van der Waals surface area contributed by atoms with E-state index in [2.05, 4.69) is 5.16 Å². The van der Waals surface area contributed by atoms with Gasteiger partial charge in [0.1, 0.15) is 18.0 Å². The summed E-state index contributed by atoms with van der Waals surface area (Å²) in [7, 11) is 0. The van der Waals surface area contributed by atoms with E-state index in [0.717, 1.165) is 12.8 Å². The molecule has 0 bridgehead atoms. The average Bonchev–Trinajstić information content (AvgIpc) is 3.09. The molecule has 1 amide bonds. The highest BCUT2D eigenvalue weighted by atomic mass is 32.2. The second-order valence-electron chi connectivity index (χ2n) is 5.74. The van der Waals surface area contributed by atoms with Gasteiger partial charge in [-0.15, -0.1) is 11.8 Å². The molecule has 2 atom stereocenters. The summed E-state index contributed by atoms with van der Waals surface area (Å²) in [5, 5.41) is 12.9. The van der Waals surface area contributed by atoms with Crippen LogP contribution in [-0.2, 0) is 14.4 Å². The van der Waals surface area contributed by atoms with Crippen LogP contribution in [0.2, 0.25) is 0 Å². The molecule has 6 nitrogen and oxygen atoms in total. The summed E-state index contributed by atoms with van der Waals surface area (Å²) in [5.41, 5.74) is 0.350. The van der Waals surface area contributed by atoms with Crippen LogP contribution in [0.4, 0.5) is 0 Å². The van der Waals surface area contributed by atoms with E-state index in [1.165, 1.54) is 16.7 Å². The maximum atomic E-state index is 12.0. The number of hydrogen-bond acceptors (Lipinski definition) is 5. The highest BCUT2D eigenvalue weighted by molar-refractivity contribution is 8.02. The molecule has 2 saturated heterocycles. The van der Waals surface area contributed by atoms with Gasteiger partial charge in [0.15, 0.2) is 5.71 Å². The Morgan fingerprint density at radius 1 is 1.58 bits per heavy atom. The molecule has 0 aromatic carbocycles. The van der Waals surface area contributed by atoms with Gasteiger partial charge in [-0.25, -0.2) is 4.79 Å². The number of carboxylic acids is 1. The van der Waals surface area contributed by atoms with Gasteiger partial charge in [-0.2, -0.15) is 0 Å². The molecule has 0 spiro atoms. The maximum absolute atomic E-state index is 12.0. The van der Waals surface area contributed by atoms with Crippen LogP contribution in [0.5, 0.6) is 0 Å². The van der Waals surface area contributed by atoms with Gasteiger partial charge < -0.3 is 14.8 Å². The normalized spacial score (nSPS) is 34.1. The number of carbonyl (C=O) groups excluding carboxylic acids is 1. The van der Waals surface area contributed by atoms with E-state index in [-0.39, 0.29) is 11.3 Å². The molecule has 2 heterocycles. The molecule has 3 rings (SSSR count). The van der Waals surface area contributed by atoms with Crippen LogP contribution in [0.15, 0.2) is 5.16 Å². The Hall–Kier alpha value is -1.24. The van der Waals surface area contributed by atoms with Gasteiger partial charge in [0.2, 0.25) is 0 Å². The molecular formula is C12H16N2O4S. The lowest BCUT2D eigenvalue weighted by Crippen LogP contribution is -2.63. The number of β-lactam (4-membered cyclic amide) rings is 1. The number of rotatable bonds is 4. The molecule has 1 saturated carbocycles. The second-order valence-corrected chi connectivity index (χ2v) is 7.48. The minimum Gasteiger partial charge on any atom is -0.480 e. The van der Waals surface area contributed by atoms with Crippen LogP contribution < -0.4 is 0 Å². The molecule has 0 aromatic heterocycles. The fourth-order valence-electron chi connectivity index (χ4n) is 2.46. The molecule has 0 unspecified atom stereocenters. The van der Waals surface area contributed by atoms with E-state index in [4.69, 9.17) is 4.84 Å². The predicted octanol–water partition coefficient (Wildman–Crippen LogP) is 0.916. The fourth-order valence-corrected chi connectivity index (χ4v) is 3.96. The predicted molar refractivity (Wildman–Crippen MR) is 69.8 cm³/mol. The second kappa shape index (κ2) is 4.13. The number of amides is 1. The smallest absolute Gasteiger partial charge is 0.327 e. The Morgan fingerprint density at radius 3 is 2.84 bits per heavy atom. The van der Waals surface area contributed by atoms with Crippen LogP contribution in [0, 0.1) is 5.92 Å². The Bertz CT molecular complexity index is 472. The summed E-state index contributed by atoms with van der Waals surface area (Å²) < 4.78 is -0.514. The van der Waals surface area contributed by atoms with Crippen molar-refractivity contribution < 1.29 is 19.5 Å². The summed E-state index contributed by atoms with van der Waals surface area (Å²) in [6, 6.07) is -0.794. The van der Waals surface area contributed by atoms with E-state index in [9.17, 15) is 14.7 Å². The molecule has 1 aliphatic carbocycles. The molecule has 2 aliphatic heterocycles. The third-order valence-corrected chi connectivity index (χ3v) is 5.20. The first-order chi connectivity index (χ1) is 8.92. The molecule has 3 aliphatic rings. The summed E-state index contributed by atoms with van der Waals surface area (Å²) in [5.74, 6) is -0.701. The zero-order chi connectivity index (χ0) is 13.8. The maximum Gasteiger partial charge on any atom is 0.327 e. The van der Waals surface area contributed by atoms with Crippen molar-refractivity contribution in [2.45, 2.75) is 42.9 Å². The number of fused-ring (bicyclic) bond motifs is 1. The average molecular weight is 284 g/mol. The zero-order valence-electron chi connectivity index (χ0n) is 10.8. The lowest BCUT2D eigenvalue weighted by atomic mass is 9.98. The Labute approximate surface area is 115 Å². The van der Waals surface area contributed by atoms with E-state index in [0.29, 0.717) is 18.2 Å². The summed E-state index contributed by atoms with van der Waals surface area (Å²) in [6.07, 6.45) is 2.33. The quantitative estimate of drug-likeness (QED) is 0.613. The van der Waals surface area contributed by atoms with Crippen molar-refractivity contribution in [3.8, 4) is 0 Å². The van der Waals surface area contributed by atoms with Crippen molar-refractivity contribution in [1.29, 1.82) is 0 Å². The number of aliphatic carboxylic acids is 1. The van der Waals surface area contributed by atoms with Crippen molar-refractivity contribution in [3.63, 3.8) is 0 Å². The number of thioether (sulfide) groups is 1. The van der Waals surface area contributed by atoms with Gasteiger partial charge in [-0.05, 0) is 32.6 Å². The molecule has 0 radical (unpaired) electrons. The third-order valence-electron chi connectivity index (χ3n) is 3.70. The van der Waals surface area contributed by atoms with E-state index >= 15 is 0 Å². The van der Waals surface area contributed by atoms with Gasteiger partial charge in [-0.3, -0.25) is 4.79 Å². The van der Waals surface area contributed by atoms with Crippen LogP contribution in [-0.4, -0.2) is 50.4 Å². The molecule has 104 valence electrons. The third kappa shape index (κ3) is 2.00. The van der Waals surface area contributed by atoms with Crippen LogP contribution in [0.3, 0.4) is 0 Å². The molecule has 0 aromatic rings. The molecule has 3 fully saturated rings. The zero-order valence-corrected chi connectivity index (χ0v) is 11.6. The first kappa shape index (κ1) is 12.8. The van der Waals surface area contributed by atoms with E-state index in [1.54, 1.807) is 0 Å². The Kier molecular flexibility index (Phi) is 2.78. The number of oxime groups is 1. The summed E-state index contributed by atoms with van der Waals surface area (Å²) in [4.78, 5) is 29.8. The van der Waals surface area contributed by atoms with Gasteiger partial charge >= 0.3 is 5.97 Å². The summed E-state index contributed by atoms with van der Waals surface area (Å²) in [6.45, 7) is 4.23. The summed E-state index contributed by atoms with van der Waals surface area (Å²) >= 11 is 1.45. The number of carbonyl (C=O) groups is 2. The van der Waals surface area contributed by atoms with Crippen LogP contribution in [0.1, 0.15) is 26.7 Å². The van der Waals surface area contributed by atoms with Crippen LogP contribution in [0.25, 0.3) is 0 Å². The molecular weight excluding hydrogens is 268 g/mol. The minimum atomic E-state index is -0.966. The van der Waals surface area contributed by atoms with Gasteiger partial charge in [0.25, 0.3) is 5.91 Å². The van der Waals surface area contributed by atoms with Crippen LogP contribution >= 0.6 is 11.8 Å². The molecule has 7 heteroatoms. The highest BCUT2D eigenvalue weighted by Gasteiger charge is 2.63. The van der Waals surface area contributed by atoms with E-state index in [1.807, 2.05) is 13.8 Å². The molecule has 1 N–H and O–H groups in total. The number of carboxylic acid groups (broad SMARTS) is 1. The van der Waals surface area contributed by atoms with Gasteiger partial charge in [0, 0.05) is 4.75 Å². The standard InChI is InChI=1S/C12H16N2O4S/c1-12(2)8(11(16)17)14-9(15)7(10(14)19-12)13-18-5-6-3-4-6/h6,8,10H,3-5H2,1-2H3,(H,16,17)/b13-7-/t8-,10+/m0/s1. The SMILES string of the molecule is CC1(C)S[C@@H]2/C(=N\OCC3CC3)C(=O)N2[C@H]1C(=O)O. The van der Waals surface area contributed by atoms with Gasteiger partial charge in [0.05, 0.1) is 0 Å². The topological polar surface area (TPSA) is 79.2 Å². The van der Waals surface area contributed by atoms with Crippen molar-refractivity contribution >= 4 is 29.4 Å². The van der Waals surface area contributed by atoms with E-state index < -0.39 is 16.8 Å². The lowest BCUT2D eigenvalue weighted by molar-refractivity contribution is -0.150. The monoisotopic (exact) mass is 284 g/mol. The van der Waals surface area contributed by atoms with Crippen molar-refractivity contribution in [2.24, 2.45) is 11.1 Å². The van der Waals surface area contributed by atoms with Crippen molar-refractivity contribution in [3.05, 3.63) is 0 Å². The first-order valence-corrected chi connectivity index (χ1v) is 7.23. The highest BCUT2D eigenvalue weighted by Crippen LogP contribution is 2.49. The minimum absolute atomic E-state index is 0.275. The van der Waals surface area contributed by atoms with Crippen molar-refractivity contribution in [1.82, 2.24) is 4.90 Å². The largest absolute Gasteiger partial charge is 0.480 e. The Morgan fingerprint density at radius 2 is 2.26 bits per heavy atom. The Balaban J connectivity index is 1.72.